The molecule has 0 saturated carbocycles. The molecule has 122 valence electrons. The summed E-state index contributed by atoms with van der Waals surface area (Å²) in [4.78, 5) is 22.5. The molecular weight excluding hydrogens is 309 g/mol. The molecule has 0 saturated heterocycles. The molecule has 0 aliphatic heterocycles. The van der Waals surface area contributed by atoms with Crippen molar-refractivity contribution in [1.82, 2.24) is 10.0 Å². The first-order chi connectivity index (χ1) is 10.2. The number of carbonyl (C=O) groups is 2. The van der Waals surface area contributed by atoms with Gasteiger partial charge in [0, 0.05) is 12.2 Å². The summed E-state index contributed by atoms with van der Waals surface area (Å²) in [5, 5.41) is 4.96. The summed E-state index contributed by atoms with van der Waals surface area (Å²) >= 11 is 3.58. The van der Waals surface area contributed by atoms with Gasteiger partial charge in [0.15, 0.2) is 0 Å². The van der Waals surface area contributed by atoms with Gasteiger partial charge in [-0.25, -0.2) is 14.0 Å². The molecule has 0 bridgehead atoms. The smallest absolute Gasteiger partial charge is 0.407 e. The molecule has 0 spiro atoms. The van der Waals surface area contributed by atoms with Crippen LogP contribution in [-0.2, 0) is 11.2 Å². The van der Waals surface area contributed by atoms with Crippen LogP contribution in [-0.4, -0.2) is 24.3 Å². The van der Waals surface area contributed by atoms with Crippen molar-refractivity contribution in [2.75, 3.05) is 11.9 Å². The van der Waals surface area contributed by atoms with E-state index < -0.39 is 23.5 Å². The Hall–Kier alpha value is -1.96. The largest absolute Gasteiger partial charge is 0.444 e. The highest BCUT2D eigenvalue weighted by Gasteiger charge is 2.15. The second kappa shape index (κ2) is 7.88. The van der Waals surface area contributed by atoms with Gasteiger partial charge in [-0.15, -0.1) is 0 Å². The molecule has 8 heteroatoms. The van der Waals surface area contributed by atoms with E-state index in [1.54, 1.807) is 32.9 Å². The van der Waals surface area contributed by atoms with Crippen molar-refractivity contribution < 1.29 is 18.7 Å². The standard InChI is InChI=1S/C14H20FN3O3S/c1-14(2,3)21-13(20)16-7-6-9-4-5-10(8-11(9)15)17-12(19)18-22/h4-5,8,22H,6-7H2,1-3H3,(H,16,20)(H2,17,18,19). The second-order valence-corrected chi connectivity index (χ2v) is 5.77. The number of halogens is 1. The molecule has 22 heavy (non-hydrogen) atoms. The molecule has 1 aromatic rings. The maximum absolute atomic E-state index is 13.9. The lowest BCUT2D eigenvalue weighted by Gasteiger charge is -2.19. The summed E-state index contributed by atoms with van der Waals surface area (Å²) in [6.07, 6.45) is -0.235. The SMILES string of the molecule is CC(C)(C)OC(=O)NCCc1ccc(NC(=O)NS)cc1F. The molecule has 1 aromatic carbocycles. The van der Waals surface area contributed by atoms with Gasteiger partial charge in [-0.05, 0) is 44.9 Å². The lowest BCUT2D eigenvalue weighted by molar-refractivity contribution is 0.0528. The van der Waals surface area contributed by atoms with Gasteiger partial charge in [-0.2, -0.15) is 0 Å². The fraction of sp³-hybridized carbons (Fsp3) is 0.429. The van der Waals surface area contributed by atoms with E-state index in [0.29, 0.717) is 17.7 Å². The van der Waals surface area contributed by atoms with Crippen molar-refractivity contribution in [3.8, 4) is 0 Å². The van der Waals surface area contributed by atoms with Crippen LogP contribution in [0.3, 0.4) is 0 Å². The number of ether oxygens (including phenoxy) is 1. The number of carbonyl (C=O) groups excluding carboxylic acids is 2. The van der Waals surface area contributed by atoms with Crippen molar-refractivity contribution >= 4 is 30.6 Å². The normalized spacial score (nSPS) is 10.8. The first-order valence-electron chi connectivity index (χ1n) is 6.67. The average molecular weight is 329 g/mol. The molecular formula is C14H20FN3O3S. The molecule has 0 aromatic heterocycles. The van der Waals surface area contributed by atoms with Crippen LogP contribution >= 0.6 is 12.8 Å². The zero-order chi connectivity index (χ0) is 16.8. The number of alkyl carbamates (subject to hydrolysis) is 1. The number of urea groups is 1. The third-order valence-electron chi connectivity index (χ3n) is 2.48. The maximum Gasteiger partial charge on any atom is 0.407 e. The summed E-state index contributed by atoms with van der Waals surface area (Å²) < 4.78 is 21.0. The quantitative estimate of drug-likeness (QED) is 0.641. The van der Waals surface area contributed by atoms with Gasteiger partial charge >= 0.3 is 12.1 Å². The topological polar surface area (TPSA) is 79.5 Å². The van der Waals surface area contributed by atoms with E-state index in [-0.39, 0.29) is 6.54 Å². The van der Waals surface area contributed by atoms with Crippen LogP contribution in [0.4, 0.5) is 19.7 Å². The van der Waals surface area contributed by atoms with Crippen molar-refractivity contribution in [3.63, 3.8) is 0 Å². The van der Waals surface area contributed by atoms with Crippen molar-refractivity contribution in [3.05, 3.63) is 29.6 Å². The summed E-state index contributed by atoms with van der Waals surface area (Å²) in [7, 11) is 0. The Kier molecular flexibility index (Phi) is 6.48. The lowest BCUT2D eigenvalue weighted by atomic mass is 10.1. The highest BCUT2D eigenvalue weighted by atomic mass is 32.1. The Bertz CT molecular complexity index is 547. The van der Waals surface area contributed by atoms with Crippen LogP contribution in [0.15, 0.2) is 18.2 Å². The second-order valence-electron chi connectivity index (χ2n) is 5.55. The number of hydrogen-bond acceptors (Lipinski definition) is 4. The van der Waals surface area contributed by atoms with Gasteiger partial charge in [0.2, 0.25) is 0 Å². The number of thiol groups is 1. The number of anilines is 1. The molecule has 0 aliphatic rings. The van der Waals surface area contributed by atoms with Gasteiger partial charge in [0.1, 0.15) is 11.4 Å². The Morgan fingerprint density at radius 3 is 2.55 bits per heavy atom. The van der Waals surface area contributed by atoms with Crippen LogP contribution in [0, 0.1) is 5.82 Å². The van der Waals surface area contributed by atoms with E-state index in [0.717, 1.165) is 0 Å². The molecule has 0 atom stereocenters. The minimum Gasteiger partial charge on any atom is -0.444 e. The predicted octanol–water partition coefficient (Wildman–Crippen LogP) is 2.86. The maximum atomic E-state index is 13.9. The molecule has 3 N–H and O–H groups in total. The number of amides is 3. The van der Waals surface area contributed by atoms with Crippen molar-refractivity contribution in [1.29, 1.82) is 0 Å². The van der Waals surface area contributed by atoms with Crippen molar-refractivity contribution in [2.45, 2.75) is 32.8 Å². The van der Waals surface area contributed by atoms with Gasteiger partial charge in [0.25, 0.3) is 0 Å². The fourth-order valence-electron chi connectivity index (χ4n) is 1.60. The van der Waals surface area contributed by atoms with Gasteiger partial charge in [-0.3, -0.25) is 4.72 Å². The molecule has 0 fully saturated rings. The third kappa shape index (κ3) is 6.66. The van der Waals surface area contributed by atoms with Crippen LogP contribution in [0.25, 0.3) is 0 Å². The molecule has 0 unspecified atom stereocenters. The Labute approximate surface area is 134 Å². The summed E-state index contributed by atoms with van der Waals surface area (Å²) in [5.41, 5.74) is 0.164. The molecule has 0 aliphatic carbocycles. The van der Waals surface area contributed by atoms with Crippen LogP contribution in [0.5, 0.6) is 0 Å². The lowest BCUT2D eigenvalue weighted by Crippen LogP contribution is -2.33. The van der Waals surface area contributed by atoms with E-state index in [9.17, 15) is 14.0 Å². The monoisotopic (exact) mass is 329 g/mol. The molecule has 1 rings (SSSR count). The van der Waals surface area contributed by atoms with E-state index in [1.165, 1.54) is 6.07 Å². The minimum absolute atomic E-state index is 0.246. The Morgan fingerprint density at radius 1 is 1.32 bits per heavy atom. The fourth-order valence-corrected chi connectivity index (χ4v) is 1.66. The van der Waals surface area contributed by atoms with Gasteiger partial charge in [-0.1, -0.05) is 18.9 Å². The van der Waals surface area contributed by atoms with E-state index in [1.807, 2.05) is 0 Å². The average Bonchev–Trinajstić information content (AvgIpc) is 2.39. The Balaban J connectivity index is 2.50. The minimum atomic E-state index is -0.573. The van der Waals surface area contributed by atoms with E-state index in [4.69, 9.17) is 4.74 Å². The molecule has 0 radical (unpaired) electrons. The summed E-state index contributed by atoms with van der Waals surface area (Å²) in [5.74, 6) is -0.469. The van der Waals surface area contributed by atoms with Gasteiger partial charge < -0.3 is 15.4 Å². The van der Waals surface area contributed by atoms with E-state index >= 15 is 0 Å². The zero-order valence-electron chi connectivity index (χ0n) is 12.7. The number of nitrogens with one attached hydrogen (secondary N) is 3. The van der Waals surface area contributed by atoms with Crippen molar-refractivity contribution in [2.24, 2.45) is 0 Å². The number of hydrogen-bond donors (Lipinski definition) is 4. The highest BCUT2D eigenvalue weighted by molar-refractivity contribution is 7.78. The zero-order valence-corrected chi connectivity index (χ0v) is 13.6. The number of benzene rings is 1. The molecule has 3 amide bonds. The van der Waals surface area contributed by atoms with Gasteiger partial charge in [0.05, 0.1) is 0 Å². The van der Waals surface area contributed by atoms with E-state index in [2.05, 4.69) is 28.2 Å². The van der Waals surface area contributed by atoms with Crippen LogP contribution in [0.1, 0.15) is 26.3 Å². The predicted molar refractivity (Wildman–Crippen MR) is 85.5 cm³/mol. The molecule has 6 nitrogen and oxygen atoms in total. The highest BCUT2D eigenvalue weighted by Crippen LogP contribution is 2.15. The summed E-state index contributed by atoms with van der Waals surface area (Å²) in [6, 6.07) is 3.75. The summed E-state index contributed by atoms with van der Waals surface area (Å²) in [6.45, 7) is 5.53. The van der Waals surface area contributed by atoms with Crippen LogP contribution < -0.4 is 15.4 Å². The number of rotatable bonds is 4. The third-order valence-corrected chi connectivity index (χ3v) is 2.68. The molecule has 0 heterocycles. The van der Waals surface area contributed by atoms with Crippen LogP contribution in [0.2, 0.25) is 0 Å². The first-order valence-corrected chi connectivity index (χ1v) is 7.12. The Morgan fingerprint density at radius 2 is 2.00 bits per heavy atom. The first kappa shape index (κ1) is 18.1.